The molecule has 2 aromatic carbocycles. The van der Waals surface area contributed by atoms with Crippen molar-refractivity contribution in [2.45, 2.75) is 24.7 Å². The first kappa shape index (κ1) is 19.9. The topological polar surface area (TPSA) is 55.4 Å². The Hall–Kier alpha value is -2.41. The number of nitrogens with one attached hydrogen (secondary N) is 1. The minimum absolute atomic E-state index is 0.0108. The summed E-state index contributed by atoms with van der Waals surface area (Å²) < 4.78 is 31.3. The number of benzene rings is 2. The van der Waals surface area contributed by atoms with Gasteiger partial charge in [-0.15, -0.1) is 11.8 Å². The van der Waals surface area contributed by atoms with Crippen molar-refractivity contribution in [3.8, 4) is 0 Å². The first-order valence-electron chi connectivity index (χ1n) is 7.98. The summed E-state index contributed by atoms with van der Waals surface area (Å²) in [6, 6.07) is 10.4. The second-order valence-corrected chi connectivity index (χ2v) is 6.87. The van der Waals surface area contributed by atoms with E-state index in [1.165, 1.54) is 0 Å². The van der Waals surface area contributed by atoms with E-state index in [-0.39, 0.29) is 10.6 Å². The molecule has 0 fully saturated rings. The highest BCUT2D eigenvalue weighted by Crippen LogP contribution is 2.22. The molecule has 0 unspecified atom stereocenters. The van der Waals surface area contributed by atoms with E-state index < -0.39 is 30.1 Å². The fourth-order valence-electron chi connectivity index (χ4n) is 2.06. The summed E-state index contributed by atoms with van der Waals surface area (Å²) in [5.41, 5.74) is 1.75. The van der Waals surface area contributed by atoms with E-state index in [0.717, 1.165) is 35.5 Å². The van der Waals surface area contributed by atoms with Crippen LogP contribution in [0.2, 0.25) is 0 Å². The molecule has 0 saturated heterocycles. The van der Waals surface area contributed by atoms with Crippen molar-refractivity contribution in [2.24, 2.45) is 0 Å². The lowest BCUT2D eigenvalue weighted by molar-refractivity contribution is -0.144. The van der Waals surface area contributed by atoms with Gasteiger partial charge in [-0.1, -0.05) is 26.0 Å². The summed E-state index contributed by atoms with van der Waals surface area (Å²) in [4.78, 5) is 23.5. The number of hydrogen-bond donors (Lipinski definition) is 1. The molecule has 0 aromatic heterocycles. The van der Waals surface area contributed by atoms with Gasteiger partial charge in [0.1, 0.15) is 11.6 Å². The van der Waals surface area contributed by atoms with Gasteiger partial charge in [-0.2, -0.15) is 0 Å². The first-order valence-corrected chi connectivity index (χ1v) is 8.97. The number of amides is 1. The molecule has 0 radical (unpaired) electrons. The van der Waals surface area contributed by atoms with Crippen molar-refractivity contribution in [3.05, 3.63) is 59.7 Å². The smallest absolute Gasteiger partial charge is 0.316 e. The van der Waals surface area contributed by atoms with Crippen LogP contribution >= 0.6 is 11.8 Å². The largest absolute Gasteiger partial charge is 0.455 e. The summed E-state index contributed by atoms with van der Waals surface area (Å²) in [6.07, 6.45) is 0. The van der Waals surface area contributed by atoms with Gasteiger partial charge in [-0.05, 0) is 41.8 Å². The minimum Gasteiger partial charge on any atom is -0.455 e. The van der Waals surface area contributed by atoms with E-state index in [1.54, 1.807) is 12.1 Å². The monoisotopic (exact) mass is 379 g/mol. The molecule has 7 heteroatoms. The van der Waals surface area contributed by atoms with Crippen LogP contribution in [0.25, 0.3) is 0 Å². The fraction of sp³-hybridized carbons (Fsp3) is 0.263. The van der Waals surface area contributed by atoms with E-state index in [2.05, 4.69) is 19.2 Å². The molecule has 2 aromatic rings. The van der Waals surface area contributed by atoms with Crippen molar-refractivity contribution < 1.29 is 23.1 Å². The number of thioether (sulfide) groups is 1. The predicted molar refractivity (Wildman–Crippen MR) is 97.2 cm³/mol. The lowest BCUT2D eigenvalue weighted by Crippen LogP contribution is -2.21. The van der Waals surface area contributed by atoms with Gasteiger partial charge in [0, 0.05) is 10.6 Å². The maximum atomic E-state index is 13.5. The van der Waals surface area contributed by atoms with Crippen molar-refractivity contribution in [1.29, 1.82) is 0 Å². The Morgan fingerprint density at radius 3 is 2.46 bits per heavy atom. The molecule has 0 spiro atoms. The third-order valence-corrected chi connectivity index (χ3v) is 4.47. The Morgan fingerprint density at radius 1 is 1.12 bits per heavy atom. The third-order valence-electron chi connectivity index (χ3n) is 3.46. The number of carbonyl (C=O) groups is 2. The zero-order chi connectivity index (χ0) is 19.1. The van der Waals surface area contributed by atoms with Crippen molar-refractivity contribution in [1.82, 2.24) is 0 Å². The second-order valence-electron chi connectivity index (χ2n) is 5.85. The molecule has 2 rings (SSSR count). The van der Waals surface area contributed by atoms with E-state index in [0.29, 0.717) is 11.6 Å². The van der Waals surface area contributed by atoms with Crippen LogP contribution in [-0.4, -0.2) is 24.2 Å². The molecular formula is C19H19F2NO3S. The maximum Gasteiger partial charge on any atom is 0.316 e. The van der Waals surface area contributed by atoms with E-state index >= 15 is 0 Å². The summed E-state index contributed by atoms with van der Waals surface area (Å²) in [5.74, 6) is -2.21. The molecular weight excluding hydrogens is 360 g/mol. The minimum atomic E-state index is -0.691. The van der Waals surface area contributed by atoms with Gasteiger partial charge < -0.3 is 10.1 Å². The zero-order valence-corrected chi connectivity index (χ0v) is 15.2. The van der Waals surface area contributed by atoms with Crippen LogP contribution in [-0.2, 0) is 14.3 Å². The van der Waals surface area contributed by atoms with Gasteiger partial charge in [-0.3, -0.25) is 9.59 Å². The molecule has 138 valence electrons. The van der Waals surface area contributed by atoms with Gasteiger partial charge >= 0.3 is 5.97 Å². The number of hydrogen-bond acceptors (Lipinski definition) is 4. The van der Waals surface area contributed by atoms with Gasteiger partial charge in [0.05, 0.1) is 5.75 Å². The number of rotatable bonds is 7. The highest BCUT2D eigenvalue weighted by Gasteiger charge is 2.11. The highest BCUT2D eigenvalue weighted by molar-refractivity contribution is 8.00. The number of ether oxygens (including phenoxy) is 1. The summed E-state index contributed by atoms with van der Waals surface area (Å²) in [6.45, 7) is 3.69. The molecule has 0 aliphatic rings. The van der Waals surface area contributed by atoms with Crippen LogP contribution < -0.4 is 5.32 Å². The molecule has 0 saturated carbocycles. The number of anilines is 1. The van der Waals surface area contributed by atoms with Crippen LogP contribution in [0.1, 0.15) is 25.3 Å². The standard InChI is InChI=1S/C19H19F2NO3S/c1-12(2)13-3-6-15(7-4-13)22-18(23)10-25-19(24)11-26-17-9-14(20)5-8-16(17)21/h3-9,12H,10-11H2,1-2H3,(H,22,23). The SMILES string of the molecule is CC(C)c1ccc(NC(=O)COC(=O)CSc2cc(F)ccc2F)cc1. The van der Waals surface area contributed by atoms with Crippen molar-refractivity contribution in [2.75, 3.05) is 17.7 Å². The van der Waals surface area contributed by atoms with Gasteiger partial charge in [-0.25, -0.2) is 8.78 Å². The normalized spacial score (nSPS) is 10.7. The van der Waals surface area contributed by atoms with Gasteiger partial charge in [0.25, 0.3) is 5.91 Å². The molecule has 0 aliphatic heterocycles. The van der Waals surface area contributed by atoms with Crippen LogP contribution in [0.3, 0.4) is 0 Å². The second kappa shape index (κ2) is 9.33. The molecule has 0 aliphatic carbocycles. The van der Waals surface area contributed by atoms with E-state index in [9.17, 15) is 18.4 Å². The predicted octanol–water partition coefficient (Wildman–Crippen LogP) is 4.36. The Kier molecular flexibility index (Phi) is 7.15. The summed E-state index contributed by atoms with van der Waals surface area (Å²) >= 11 is 0.808. The average molecular weight is 379 g/mol. The van der Waals surface area contributed by atoms with Crippen LogP contribution in [0.15, 0.2) is 47.4 Å². The molecule has 1 N–H and O–H groups in total. The summed E-state index contributed by atoms with van der Waals surface area (Å²) in [5, 5.41) is 2.62. The number of halogens is 2. The molecule has 4 nitrogen and oxygen atoms in total. The quantitative estimate of drug-likeness (QED) is 0.574. The lowest BCUT2D eigenvalue weighted by atomic mass is 10.0. The molecule has 1 amide bonds. The molecule has 0 heterocycles. The van der Waals surface area contributed by atoms with Crippen molar-refractivity contribution >= 4 is 29.3 Å². The van der Waals surface area contributed by atoms with Crippen molar-refractivity contribution in [3.63, 3.8) is 0 Å². The number of esters is 1. The first-order chi connectivity index (χ1) is 12.3. The summed E-state index contributed by atoms with van der Waals surface area (Å²) in [7, 11) is 0. The molecule has 0 bridgehead atoms. The van der Waals surface area contributed by atoms with Gasteiger partial charge in [0.2, 0.25) is 0 Å². The third kappa shape index (κ3) is 6.15. The Labute approximate surface area is 154 Å². The van der Waals surface area contributed by atoms with Crippen LogP contribution in [0, 0.1) is 11.6 Å². The zero-order valence-electron chi connectivity index (χ0n) is 14.4. The molecule has 26 heavy (non-hydrogen) atoms. The van der Waals surface area contributed by atoms with Crippen LogP contribution in [0.4, 0.5) is 14.5 Å². The maximum absolute atomic E-state index is 13.5. The Morgan fingerprint density at radius 2 is 1.81 bits per heavy atom. The number of carbonyl (C=O) groups excluding carboxylic acids is 2. The van der Waals surface area contributed by atoms with Gasteiger partial charge in [0.15, 0.2) is 6.61 Å². The fourth-order valence-corrected chi connectivity index (χ4v) is 2.82. The van der Waals surface area contributed by atoms with E-state index in [1.807, 2.05) is 12.1 Å². The Balaban J connectivity index is 1.76. The van der Waals surface area contributed by atoms with E-state index in [4.69, 9.17) is 4.74 Å². The Bertz CT molecular complexity index is 779. The van der Waals surface area contributed by atoms with Crippen LogP contribution in [0.5, 0.6) is 0 Å². The highest BCUT2D eigenvalue weighted by atomic mass is 32.2. The lowest BCUT2D eigenvalue weighted by Gasteiger charge is -2.09. The molecule has 0 atom stereocenters. The average Bonchev–Trinajstić information content (AvgIpc) is 2.61.